The number of halogens is 1. The van der Waals surface area contributed by atoms with Crippen LogP contribution in [-0.4, -0.2) is 19.8 Å². The topological polar surface area (TPSA) is 46.2 Å². The highest BCUT2D eigenvalue weighted by Gasteiger charge is 2.38. The van der Waals surface area contributed by atoms with E-state index in [2.05, 4.69) is 11.6 Å². The molecule has 1 aromatic rings. The fourth-order valence-corrected chi connectivity index (χ4v) is 4.69. The summed E-state index contributed by atoms with van der Waals surface area (Å²) in [5.41, 5.74) is -0.492. The van der Waals surface area contributed by atoms with Crippen LogP contribution in [0.25, 0.3) is 0 Å². The Balaban J connectivity index is 2.23. The molecule has 0 amide bonds. The van der Waals surface area contributed by atoms with Crippen LogP contribution in [0.3, 0.4) is 0 Å². The summed E-state index contributed by atoms with van der Waals surface area (Å²) in [5, 5.41) is 0. The van der Waals surface area contributed by atoms with Gasteiger partial charge in [0.05, 0.1) is 4.90 Å². The molecular formula is C14H20ClNO2S. The number of benzene rings is 1. The van der Waals surface area contributed by atoms with Gasteiger partial charge in [-0.25, -0.2) is 13.1 Å². The van der Waals surface area contributed by atoms with E-state index < -0.39 is 15.6 Å². The molecule has 0 aliphatic heterocycles. The molecular weight excluding hydrogens is 282 g/mol. The second kappa shape index (κ2) is 5.81. The maximum absolute atomic E-state index is 12.4. The number of sulfonamides is 1. The number of alkyl halides is 1. The molecule has 2 atom stereocenters. The van der Waals surface area contributed by atoms with Crippen LogP contribution in [0.1, 0.15) is 32.6 Å². The number of hydrogen-bond donors (Lipinski definition) is 1. The van der Waals surface area contributed by atoms with Gasteiger partial charge in [0.25, 0.3) is 0 Å². The first-order chi connectivity index (χ1) is 8.97. The summed E-state index contributed by atoms with van der Waals surface area (Å²) in [5.74, 6) is 0.828. The summed E-state index contributed by atoms with van der Waals surface area (Å²) in [6.07, 6.45) is 3.78. The predicted octanol–water partition coefficient (Wildman–Crippen LogP) is 3.15. The summed E-state index contributed by atoms with van der Waals surface area (Å²) in [6.45, 7) is 2.15. The molecule has 0 saturated heterocycles. The van der Waals surface area contributed by atoms with Gasteiger partial charge in [-0.15, -0.1) is 11.6 Å². The van der Waals surface area contributed by atoms with Crippen molar-refractivity contribution in [1.29, 1.82) is 0 Å². The van der Waals surface area contributed by atoms with Crippen molar-refractivity contribution in [2.24, 2.45) is 5.92 Å². The molecule has 1 aromatic carbocycles. The van der Waals surface area contributed by atoms with Crippen LogP contribution in [0.15, 0.2) is 35.2 Å². The van der Waals surface area contributed by atoms with Gasteiger partial charge in [0.15, 0.2) is 0 Å². The molecule has 19 heavy (non-hydrogen) atoms. The molecule has 1 saturated carbocycles. The van der Waals surface area contributed by atoms with Crippen LogP contribution in [0.4, 0.5) is 0 Å². The van der Waals surface area contributed by atoms with Crippen LogP contribution >= 0.6 is 11.6 Å². The Morgan fingerprint density at radius 3 is 2.63 bits per heavy atom. The second-order valence-corrected chi connectivity index (χ2v) is 7.48. The minimum absolute atomic E-state index is 0.303. The van der Waals surface area contributed by atoms with E-state index in [0.717, 1.165) is 25.7 Å². The van der Waals surface area contributed by atoms with Gasteiger partial charge < -0.3 is 0 Å². The van der Waals surface area contributed by atoms with Crippen LogP contribution in [0.2, 0.25) is 0 Å². The molecule has 1 aliphatic rings. The monoisotopic (exact) mass is 301 g/mol. The Labute approximate surface area is 120 Å². The van der Waals surface area contributed by atoms with Crippen molar-refractivity contribution >= 4 is 21.6 Å². The van der Waals surface area contributed by atoms with Gasteiger partial charge in [0, 0.05) is 11.4 Å². The molecule has 0 aromatic heterocycles. The number of nitrogens with one attached hydrogen (secondary N) is 1. The van der Waals surface area contributed by atoms with Gasteiger partial charge in [-0.2, -0.15) is 0 Å². The van der Waals surface area contributed by atoms with Crippen molar-refractivity contribution in [3.05, 3.63) is 30.3 Å². The Bertz CT molecular complexity index is 518. The summed E-state index contributed by atoms with van der Waals surface area (Å²) in [4.78, 5) is 0.303. The smallest absolute Gasteiger partial charge is 0.207 e. The Morgan fingerprint density at radius 1 is 1.37 bits per heavy atom. The van der Waals surface area contributed by atoms with Gasteiger partial charge in [-0.3, -0.25) is 0 Å². The Hall–Kier alpha value is -0.580. The second-order valence-electron chi connectivity index (χ2n) is 5.53. The predicted molar refractivity (Wildman–Crippen MR) is 77.8 cm³/mol. The maximum atomic E-state index is 12.4. The Kier molecular flexibility index (Phi) is 4.54. The lowest BCUT2D eigenvalue weighted by Crippen LogP contribution is -2.52. The average Bonchev–Trinajstić information content (AvgIpc) is 2.39. The molecule has 0 heterocycles. The van der Waals surface area contributed by atoms with Crippen LogP contribution in [0.5, 0.6) is 0 Å². The first kappa shape index (κ1) is 14.8. The fraction of sp³-hybridized carbons (Fsp3) is 0.571. The summed E-state index contributed by atoms with van der Waals surface area (Å²) < 4.78 is 27.6. The minimum Gasteiger partial charge on any atom is -0.207 e. The zero-order valence-electron chi connectivity index (χ0n) is 11.1. The lowest BCUT2D eigenvalue weighted by Gasteiger charge is -2.39. The molecule has 2 unspecified atom stereocenters. The number of rotatable bonds is 4. The third kappa shape index (κ3) is 3.50. The van der Waals surface area contributed by atoms with Crippen molar-refractivity contribution in [2.75, 3.05) is 5.88 Å². The largest absolute Gasteiger partial charge is 0.241 e. The highest BCUT2D eigenvalue weighted by atomic mass is 35.5. The fourth-order valence-electron chi connectivity index (χ4n) is 2.85. The van der Waals surface area contributed by atoms with Gasteiger partial charge in [0.1, 0.15) is 0 Å². The molecule has 3 nitrogen and oxygen atoms in total. The standard InChI is InChI=1S/C14H20ClNO2S/c1-12-6-5-9-14(10-12,11-15)16-19(17,18)13-7-3-2-4-8-13/h2-4,7-8,12,16H,5-6,9-11H2,1H3. The third-order valence-corrected chi connectivity index (χ3v) is 5.86. The zero-order valence-corrected chi connectivity index (χ0v) is 12.7. The van der Waals surface area contributed by atoms with Crippen molar-refractivity contribution in [3.8, 4) is 0 Å². The van der Waals surface area contributed by atoms with E-state index in [9.17, 15) is 8.42 Å². The number of hydrogen-bond acceptors (Lipinski definition) is 2. The van der Waals surface area contributed by atoms with Gasteiger partial charge >= 0.3 is 0 Å². The Morgan fingerprint density at radius 2 is 2.05 bits per heavy atom. The van der Waals surface area contributed by atoms with Crippen LogP contribution < -0.4 is 4.72 Å². The van der Waals surface area contributed by atoms with Gasteiger partial charge in [-0.05, 0) is 30.9 Å². The first-order valence-electron chi connectivity index (χ1n) is 6.62. The lowest BCUT2D eigenvalue weighted by atomic mass is 9.78. The van der Waals surface area contributed by atoms with E-state index in [0.29, 0.717) is 16.7 Å². The average molecular weight is 302 g/mol. The lowest BCUT2D eigenvalue weighted by molar-refractivity contribution is 0.239. The minimum atomic E-state index is -3.49. The van der Waals surface area contributed by atoms with Crippen LogP contribution in [-0.2, 0) is 10.0 Å². The summed E-state index contributed by atoms with van der Waals surface area (Å²) in [6, 6.07) is 8.48. The first-order valence-corrected chi connectivity index (χ1v) is 8.64. The molecule has 0 bridgehead atoms. The normalized spacial score (nSPS) is 28.2. The SMILES string of the molecule is CC1CCCC(CCl)(NS(=O)(=O)c2ccccc2)C1. The molecule has 1 fully saturated rings. The van der Waals surface area contributed by atoms with E-state index in [1.54, 1.807) is 30.3 Å². The molecule has 1 N–H and O–H groups in total. The van der Waals surface area contributed by atoms with Crippen molar-refractivity contribution < 1.29 is 8.42 Å². The van der Waals surface area contributed by atoms with Gasteiger partial charge in [-0.1, -0.05) is 38.0 Å². The molecule has 2 rings (SSSR count). The highest BCUT2D eigenvalue weighted by Crippen LogP contribution is 2.34. The molecule has 0 radical (unpaired) electrons. The quantitative estimate of drug-likeness (QED) is 0.868. The van der Waals surface area contributed by atoms with E-state index in [1.807, 2.05) is 0 Å². The summed E-state index contributed by atoms with van der Waals surface area (Å²) >= 11 is 6.07. The molecule has 106 valence electrons. The van der Waals surface area contributed by atoms with Crippen LogP contribution in [0, 0.1) is 5.92 Å². The van der Waals surface area contributed by atoms with Crippen molar-refractivity contribution in [1.82, 2.24) is 4.72 Å². The summed E-state index contributed by atoms with van der Waals surface area (Å²) in [7, 11) is -3.49. The molecule has 0 spiro atoms. The van der Waals surface area contributed by atoms with Crippen molar-refractivity contribution in [3.63, 3.8) is 0 Å². The van der Waals surface area contributed by atoms with Crippen molar-refractivity contribution in [2.45, 2.75) is 43.0 Å². The van der Waals surface area contributed by atoms with E-state index in [1.165, 1.54) is 0 Å². The molecule has 5 heteroatoms. The van der Waals surface area contributed by atoms with Gasteiger partial charge in [0.2, 0.25) is 10.0 Å². The highest BCUT2D eigenvalue weighted by molar-refractivity contribution is 7.89. The van der Waals surface area contributed by atoms with E-state index in [-0.39, 0.29) is 0 Å². The van der Waals surface area contributed by atoms with E-state index in [4.69, 9.17) is 11.6 Å². The maximum Gasteiger partial charge on any atom is 0.241 e. The molecule has 1 aliphatic carbocycles. The van der Waals surface area contributed by atoms with E-state index >= 15 is 0 Å². The zero-order chi connectivity index (χ0) is 13.9. The third-order valence-electron chi connectivity index (χ3n) is 3.75.